The lowest BCUT2D eigenvalue weighted by Crippen LogP contribution is -1.95. The quantitative estimate of drug-likeness (QED) is 0.436. The Morgan fingerprint density at radius 2 is 1.21 bits per heavy atom. The van der Waals surface area contributed by atoms with Crippen molar-refractivity contribution in [2.24, 2.45) is 15.0 Å². The van der Waals surface area contributed by atoms with E-state index in [0.29, 0.717) is 29.9 Å². The zero-order chi connectivity index (χ0) is 20.5. The molecule has 0 atom stereocenters. The molecule has 0 aliphatic rings. The summed E-state index contributed by atoms with van der Waals surface area (Å²) < 4.78 is 0. The van der Waals surface area contributed by atoms with Gasteiger partial charge in [0.15, 0.2) is 0 Å². The molecule has 29 heavy (non-hydrogen) atoms. The van der Waals surface area contributed by atoms with Crippen molar-refractivity contribution in [2.45, 2.75) is 12.8 Å². The first kappa shape index (κ1) is 19.6. The second-order valence-corrected chi connectivity index (χ2v) is 6.18. The average molecular weight is 381 g/mol. The Morgan fingerprint density at radius 3 is 1.90 bits per heavy atom. The average Bonchev–Trinajstić information content (AvgIpc) is 2.73. The van der Waals surface area contributed by atoms with Crippen molar-refractivity contribution < 1.29 is 14.4 Å². The molecule has 0 amide bonds. The third-order valence-corrected chi connectivity index (χ3v) is 4.40. The number of nitrogens with zero attached hydrogens (tertiary/aromatic N) is 3. The molecular formula is C23H15N3O3. The minimum Gasteiger partial charge on any atom is -0.211 e. The first-order chi connectivity index (χ1) is 14.2. The molecule has 0 aliphatic carbocycles. The molecular weight excluding hydrogens is 366 g/mol. The Balaban J connectivity index is 1.97. The molecule has 0 unspecified atom stereocenters. The van der Waals surface area contributed by atoms with Crippen LogP contribution in [0.15, 0.2) is 81.7 Å². The molecule has 0 bridgehead atoms. The second kappa shape index (κ2) is 9.65. The number of benzene rings is 3. The molecule has 3 aromatic carbocycles. The molecule has 0 radical (unpaired) electrons. The summed E-state index contributed by atoms with van der Waals surface area (Å²) in [6, 6.07) is 20.1. The number of hydrogen-bond acceptors (Lipinski definition) is 6. The topological polar surface area (TPSA) is 88.3 Å². The number of carbonyl (C=O) groups excluding carboxylic acids is 3. The van der Waals surface area contributed by atoms with Crippen LogP contribution in [0.25, 0.3) is 0 Å². The van der Waals surface area contributed by atoms with E-state index >= 15 is 0 Å². The number of isocyanates is 3. The Kier molecular flexibility index (Phi) is 6.51. The van der Waals surface area contributed by atoms with Crippen LogP contribution in [0.2, 0.25) is 0 Å². The summed E-state index contributed by atoms with van der Waals surface area (Å²) in [6.45, 7) is 0. The van der Waals surface area contributed by atoms with E-state index in [2.05, 4.69) is 15.0 Å². The molecule has 0 aliphatic heterocycles. The van der Waals surface area contributed by atoms with E-state index in [9.17, 15) is 14.4 Å². The fraction of sp³-hybridized carbons (Fsp3) is 0.0870. The molecule has 0 aromatic heterocycles. The standard InChI is InChI=1S/C23H15N3O3/c27-14-24-21-10-8-17(9-11-21)12-19-5-3-6-20(23(19)26-16-29)13-18-4-1-2-7-22(18)25-15-28/h1-11H,12-13H2. The van der Waals surface area contributed by atoms with E-state index in [1.54, 1.807) is 36.4 Å². The van der Waals surface area contributed by atoms with Gasteiger partial charge in [-0.3, -0.25) is 0 Å². The van der Waals surface area contributed by atoms with E-state index in [1.807, 2.05) is 42.5 Å². The largest absolute Gasteiger partial charge is 0.240 e. The summed E-state index contributed by atoms with van der Waals surface area (Å²) in [5.41, 5.74) is 5.07. The van der Waals surface area contributed by atoms with Crippen LogP contribution < -0.4 is 0 Å². The van der Waals surface area contributed by atoms with Gasteiger partial charge in [0.25, 0.3) is 0 Å². The summed E-state index contributed by atoms with van der Waals surface area (Å²) >= 11 is 0. The van der Waals surface area contributed by atoms with Crippen molar-refractivity contribution >= 4 is 35.3 Å². The van der Waals surface area contributed by atoms with Gasteiger partial charge in [0.1, 0.15) is 0 Å². The minimum absolute atomic E-state index is 0.447. The van der Waals surface area contributed by atoms with Crippen molar-refractivity contribution in [1.82, 2.24) is 0 Å². The highest BCUT2D eigenvalue weighted by Crippen LogP contribution is 2.31. The van der Waals surface area contributed by atoms with E-state index in [4.69, 9.17) is 0 Å². The minimum atomic E-state index is 0.447. The fourth-order valence-electron chi connectivity index (χ4n) is 3.10. The molecule has 0 saturated heterocycles. The van der Waals surface area contributed by atoms with Crippen LogP contribution >= 0.6 is 0 Å². The third-order valence-electron chi connectivity index (χ3n) is 4.40. The molecule has 3 rings (SSSR count). The molecule has 3 aromatic rings. The SMILES string of the molecule is O=C=Nc1ccc(Cc2cccc(Cc3ccccc3N=C=O)c2N=C=O)cc1. The number of para-hydroxylation sites is 2. The van der Waals surface area contributed by atoms with Crippen LogP contribution in [0.5, 0.6) is 0 Å². The van der Waals surface area contributed by atoms with Crippen LogP contribution in [0, 0.1) is 0 Å². The highest BCUT2D eigenvalue weighted by Gasteiger charge is 2.11. The number of hydrogen-bond donors (Lipinski definition) is 0. The zero-order valence-corrected chi connectivity index (χ0v) is 15.3. The van der Waals surface area contributed by atoms with E-state index in [-0.39, 0.29) is 0 Å². The van der Waals surface area contributed by atoms with E-state index in [1.165, 1.54) is 6.08 Å². The van der Waals surface area contributed by atoms with Crippen LogP contribution in [0.1, 0.15) is 22.3 Å². The smallest absolute Gasteiger partial charge is 0.211 e. The first-order valence-corrected chi connectivity index (χ1v) is 8.76. The highest BCUT2D eigenvalue weighted by molar-refractivity contribution is 5.63. The van der Waals surface area contributed by atoms with Gasteiger partial charge >= 0.3 is 0 Å². The Morgan fingerprint density at radius 1 is 0.586 bits per heavy atom. The van der Waals surface area contributed by atoms with Gasteiger partial charge in [-0.15, -0.1) is 0 Å². The summed E-state index contributed by atoms with van der Waals surface area (Å²) in [6.07, 6.45) is 5.69. The first-order valence-electron chi connectivity index (χ1n) is 8.76. The summed E-state index contributed by atoms with van der Waals surface area (Å²) in [5.74, 6) is 0. The lowest BCUT2D eigenvalue weighted by molar-refractivity contribution is 0.564. The molecule has 0 saturated carbocycles. The molecule has 0 heterocycles. The van der Waals surface area contributed by atoms with Gasteiger partial charge in [0.05, 0.1) is 17.1 Å². The third kappa shape index (κ3) is 4.95. The predicted molar refractivity (Wildman–Crippen MR) is 108 cm³/mol. The number of aliphatic imine (C=N–C) groups is 3. The van der Waals surface area contributed by atoms with Crippen molar-refractivity contribution in [3.05, 3.63) is 89.0 Å². The molecule has 6 heteroatoms. The zero-order valence-electron chi connectivity index (χ0n) is 15.3. The molecule has 140 valence electrons. The van der Waals surface area contributed by atoms with Gasteiger partial charge in [-0.2, -0.15) is 15.0 Å². The highest BCUT2D eigenvalue weighted by atomic mass is 16.1. The van der Waals surface area contributed by atoms with Crippen molar-refractivity contribution in [1.29, 1.82) is 0 Å². The van der Waals surface area contributed by atoms with Crippen molar-refractivity contribution in [3.63, 3.8) is 0 Å². The maximum absolute atomic E-state index is 11.1. The van der Waals surface area contributed by atoms with E-state index < -0.39 is 0 Å². The maximum atomic E-state index is 11.1. The van der Waals surface area contributed by atoms with Gasteiger partial charge in [0.2, 0.25) is 18.2 Å². The Labute approximate surface area is 167 Å². The van der Waals surface area contributed by atoms with Gasteiger partial charge in [-0.25, -0.2) is 14.4 Å². The Hall–Kier alpha value is -4.20. The van der Waals surface area contributed by atoms with Gasteiger partial charge < -0.3 is 0 Å². The Bertz CT molecular complexity index is 1170. The second-order valence-electron chi connectivity index (χ2n) is 6.18. The predicted octanol–water partition coefficient (Wildman–Crippen LogP) is 4.77. The van der Waals surface area contributed by atoms with Crippen molar-refractivity contribution in [3.8, 4) is 0 Å². The molecule has 6 nitrogen and oxygen atoms in total. The van der Waals surface area contributed by atoms with Crippen LogP contribution in [-0.2, 0) is 27.2 Å². The van der Waals surface area contributed by atoms with Crippen LogP contribution in [0.4, 0.5) is 17.1 Å². The maximum Gasteiger partial charge on any atom is 0.240 e. The summed E-state index contributed by atoms with van der Waals surface area (Å²) in [7, 11) is 0. The van der Waals surface area contributed by atoms with Crippen molar-refractivity contribution in [2.75, 3.05) is 0 Å². The monoisotopic (exact) mass is 381 g/mol. The lowest BCUT2D eigenvalue weighted by Gasteiger charge is -2.12. The summed E-state index contributed by atoms with van der Waals surface area (Å²) in [5, 5.41) is 0. The number of rotatable bonds is 7. The van der Waals surface area contributed by atoms with E-state index in [0.717, 1.165) is 22.3 Å². The van der Waals surface area contributed by atoms with Gasteiger partial charge in [-0.1, -0.05) is 48.5 Å². The molecule has 0 spiro atoms. The normalized spacial score (nSPS) is 9.66. The molecule has 0 N–H and O–H groups in total. The summed E-state index contributed by atoms with van der Waals surface area (Å²) in [4.78, 5) is 43.3. The van der Waals surface area contributed by atoms with Gasteiger partial charge in [0, 0.05) is 6.42 Å². The fourth-order valence-corrected chi connectivity index (χ4v) is 3.10. The molecule has 0 fully saturated rings. The lowest BCUT2D eigenvalue weighted by atomic mass is 9.96. The van der Waals surface area contributed by atoms with Gasteiger partial charge in [-0.05, 0) is 46.9 Å². The van der Waals surface area contributed by atoms with Crippen LogP contribution in [-0.4, -0.2) is 18.2 Å². The van der Waals surface area contributed by atoms with Crippen LogP contribution in [0.3, 0.4) is 0 Å².